The Hall–Kier alpha value is 1.02. The van der Waals surface area contributed by atoms with Gasteiger partial charge in [0.2, 0.25) is 0 Å². The molecule has 0 rings (SSSR count). The van der Waals surface area contributed by atoms with Crippen molar-refractivity contribution < 1.29 is 17.0 Å². The van der Waals surface area contributed by atoms with Crippen molar-refractivity contribution in [2.24, 2.45) is 0 Å². The fraction of sp³-hybridized carbons (Fsp3) is 0.625. The molecular weight excluding hydrogens is 228 g/mol. The molecular formula is C8H15BrMgSi. The van der Waals surface area contributed by atoms with Crippen LogP contribution in [0.1, 0.15) is 12.8 Å². The monoisotopic (exact) mass is 242 g/mol. The van der Waals surface area contributed by atoms with E-state index in [4.69, 9.17) is 0 Å². The largest absolute Gasteiger partial charge is 2.00 e. The van der Waals surface area contributed by atoms with E-state index in [9.17, 15) is 0 Å². The third kappa shape index (κ3) is 18.2. The maximum Gasteiger partial charge on any atom is 2.00 e. The van der Waals surface area contributed by atoms with Crippen molar-refractivity contribution in [1.82, 2.24) is 0 Å². The van der Waals surface area contributed by atoms with Crippen molar-refractivity contribution in [2.45, 2.75) is 32.5 Å². The summed E-state index contributed by atoms with van der Waals surface area (Å²) in [5, 5.41) is 0. The molecule has 11 heavy (non-hydrogen) atoms. The molecule has 3 heteroatoms. The van der Waals surface area contributed by atoms with Gasteiger partial charge >= 0.3 is 23.1 Å². The molecule has 0 N–H and O–H groups in total. The van der Waals surface area contributed by atoms with E-state index in [-0.39, 0.29) is 40.0 Å². The minimum Gasteiger partial charge on any atom is -1.00 e. The SMILES string of the molecule is [Br-].[CH2-]CCC#C[Si](C)(C)C.[Mg+2]. The van der Waals surface area contributed by atoms with Gasteiger partial charge in [-0.05, 0) is 6.42 Å². The van der Waals surface area contributed by atoms with Crippen LogP contribution in [0.5, 0.6) is 0 Å². The van der Waals surface area contributed by atoms with Crippen molar-refractivity contribution >= 4 is 31.1 Å². The van der Waals surface area contributed by atoms with Gasteiger partial charge in [0, 0.05) is 0 Å². The number of unbranched alkanes of at least 4 members (excludes halogenated alkanes) is 1. The third-order valence-electron chi connectivity index (χ3n) is 0.765. The Morgan fingerprint density at radius 3 is 2.00 bits per heavy atom. The molecule has 0 aromatic rings. The molecule has 0 bridgehead atoms. The number of hydrogen-bond donors (Lipinski definition) is 0. The zero-order valence-corrected chi connectivity index (χ0v) is 11.7. The molecule has 0 aliphatic heterocycles. The number of halogens is 1. The second kappa shape index (κ2) is 9.11. The van der Waals surface area contributed by atoms with E-state index < -0.39 is 8.07 Å². The van der Waals surface area contributed by atoms with Crippen LogP contribution in [0.25, 0.3) is 0 Å². The van der Waals surface area contributed by atoms with Crippen LogP contribution in [0, 0.1) is 18.4 Å². The quantitative estimate of drug-likeness (QED) is 0.318. The summed E-state index contributed by atoms with van der Waals surface area (Å²) >= 11 is 0. The van der Waals surface area contributed by atoms with Gasteiger partial charge in [0.25, 0.3) is 0 Å². The summed E-state index contributed by atoms with van der Waals surface area (Å²) in [5.41, 5.74) is 3.27. The van der Waals surface area contributed by atoms with Crippen LogP contribution in [-0.4, -0.2) is 31.1 Å². The standard InChI is InChI=1S/C8H15Si.BrH.Mg/c1-5-6-7-8-9(2,3)4;;/h1,5-6H2,2-4H3;1H;/q-1;;+2/p-1. The van der Waals surface area contributed by atoms with Gasteiger partial charge in [-0.1, -0.05) is 19.6 Å². The van der Waals surface area contributed by atoms with E-state index in [1.165, 1.54) is 0 Å². The van der Waals surface area contributed by atoms with Gasteiger partial charge in [0.05, 0.1) is 0 Å². The Morgan fingerprint density at radius 1 is 1.27 bits per heavy atom. The van der Waals surface area contributed by atoms with E-state index in [0.717, 1.165) is 12.8 Å². The smallest absolute Gasteiger partial charge is 1.00 e. The first kappa shape index (κ1) is 17.9. The molecule has 0 fully saturated rings. The number of hydrogen-bond acceptors (Lipinski definition) is 0. The summed E-state index contributed by atoms with van der Waals surface area (Å²) in [6.45, 7) is 10.5. The van der Waals surface area contributed by atoms with Gasteiger partial charge in [-0.2, -0.15) is 6.42 Å². The van der Waals surface area contributed by atoms with Crippen LogP contribution < -0.4 is 17.0 Å². The molecule has 0 unspecified atom stereocenters. The zero-order valence-electron chi connectivity index (χ0n) is 7.71. The molecule has 0 spiro atoms. The first-order chi connectivity index (χ1) is 4.06. The second-order valence-electron chi connectivity index (χ2n) is 3.16. The van der Waals surface area contributed by atoms with Gasteiger partial charge in [0.1, 0.15) is 8.07 Å². The Kier molecular flexibility index (Phi) is 14.9. The first-order valence-electron chi connectivity index (χ1n) is 3.35. The van der Waals surface area contributed by atoms with Crippen molar-refractivity contribution in [3.8, 4) is 11.5 Å². The molecule has 0 atom stereocenters. The van der Waals surface area contributed by atoms with Gasteiger partial charge in [-0.3, -0.25) is 0 Å². The molecule has 0 saturated carbocycles. The van der Waals surface area contributed by atoms with Crippen molar-refractivity contribution in [3.05, 3.63) is 6.92 Å². The van der Waals surface area contributed by atoms with Crippen molar-refractivity contribution in [1.29, 1.82) is 0 Å². The molecule has 0 aromatic heterocycles. The number of rotatable bonds is 1. The van der Waals surface area contributed by atoms with Gasteiger partial charge in [0.15, 0.2) is 0 Å². The molecule has 0 aromatic carbocycles. The normalized spacial score (nSPS) is 8.36. The Bertz CT molecular complexity index is 129. The minimum absolute atomic E-state index is 0. The van der Waals surface area contributed by atoms with Gasteiger partial charge in [-0.25, -0.2) is 0 Å². The summed E-state index contributed by atoms with van der Waals surface area (Å²) in [6, 6.07) is 0. The summed E-state index contributed by atoms with van der Waals surface area (Å²) < 4.78 is 0. The molecule has 0 aliphatic rings. The van der Waals surface area contributed by atoms with Crippen molar-refractivity contribution in [3.63, 3.8) is 0 Å². The second-order valence-corrected chi connectivity index (χ2v) is 7.91. The van der Waals surface area contributed by atoms with Gasteiger partial charge < -0.3 is 23.9 Å². The van der Waals surface area contributed by atoms with Gasteiger partial charge in [-0.15, -0.1) is 11.5 Å². The molecule has 0 amide bonds. The summed E-state index contributed by atoms with van der Waals surface area (Å²) in [7, 11) is -1.08. The maximum absolute atomic E-state index is 3.72. The van der Waals surface area contributed by atoms with Crippen LogP contribution in [0.4, 0.5) is 0 Å². The van der Waals surface area contributed by atoms with E-state index in [2.05, 4.69) is 38.0 Å². The average molecular weight is 244 g/mol. The summed E-state index contributed by atoms with van der Waals surface area (Å²) in [5.74, 6) is 3.12. The fourth-order valence-corrected chi connectivity index (χ4v) is 1.07. The van der Waals surface area contributed by atoms with E-state index in [1.54, 1.807) is 0 Å². The summed E-state index contributed by atoms with van der Waals surface area (Å²) in [4.78, 5) is 0. The van der Waals surface area contributed by atoms with Crippen LogP contribution >= 0.6 is 0 Å². The fourth-order valence-electron chi connectivity index (χ4n) is 0.416. The third-order valence-corrected chi connectivity index (χ3v) is 1.69. The van der Waals surface area contributed by atoms with E-state index >= 15 is 0 Å². The zero-order chi connectivity index (χ0) is 7.33. The maximum atomic E-state index is 3.72. The van der Waals surface area contributed by atoms with Crippen LogP contribution in [0.2, 0.25) is 19.6 Å². The topological polar surface area (TPSA) is 0 Å². The molecule has 0 aliphatic carbocycles. The Labute approximate surface area is 98.5 Å². The molecule has 0 nitrogen and oxygen atoms in total. The van der Waals surface area contributed by atoms with E-state index in [1.807, 2.05) is 0 Å². The van der Waals surface area contributed by atoms with E-state index in [0.29, 0.717) is 0 Å². The molecule has 0 saturated heterocycles. The Balaban J connectivity index is -0.000000320. The van der Waals surface area contributed by atoms with Crippen LogP contribution in [-0.2, 0) is 0 Å². The summed E-state index contributed by atoms with van der Waals surface area (Å²) in [6.07, 6.45) is 1.90. The Morgan fingerprint density at radius 2 is 1.73 bits per heavy atom. The van der Waals surface area contributed by atoms with Crippen LogP contribution in [0.15, 0.2) is 0 Å². The predicted molar refractivity (Wildman–Crippen MR) is 51.5 cm³/mol. The van der Waals surface area contributed by atoms with Crippen molar-refractivity contribution in [2.75, 3.05) is 0 Å². The first-order valence-corrected chi connectivity index (χ1v) is 6.85. The molecule has 0 heterocycles. The minimum atomic E-state index is -1.08. The molecule has 60 valence electrons. The van der Waals surface area contributed by atoms with Crippen LogP contribution in [0.3, 0.4) is 0 Å². The average Bonchev–Trinajstić information content (AvgIpc) is 1.63. The molecule has 0 radical (unpaired) electrons. The predicted octanol–water partition coefficient (Wildman–Crippen LogP) is -0.895.